The molecule has 1 amide bonds. The number of rotatable bonds is 7. The van der Waals surface area contributed by atoms with Crippen LogP contribution < -0.4 is 5.32 Å². The fraction of sp³-hybridized carbons (Fsp3) is 0.111. The summed E-state index contributed by atoms with van der Waals surface area (Å²) in [5.41, 5.74) is 1.25. The number of nitrogens with one attached hydrogen (secondary N) is 1. The summed E-state index contributed by atoms with van der Waals surface area (Å²) in [4.78, 5) is 35.2. The molecule has 0 spiro atoms. The van der Waals surface area contributed by atoms with E-state index in [0.29, 0.717) is 17.5 Å². The van der Waals surface area contributed by atoms with Gasteiger partial charge in [-0.3, -0.25) is 9.59 Å². The first kappa shape index (κ1) is 18.2. The molecule has 0 heterocycles. The first-order valence-corrected chi connectivity index (χ1v) is 8.23. The molecule has 0 aromatic heterocycles. The number of ether oxygens (including phenoxy) is 1. The van der Waals surface area contributed by atoms with Gasteiger partial charge in [0.2, 0.25) is 0 Å². The fourth-order valence-electron chi connectivity index (χ4n) is 1.90. The molecule has 6 nitrogen and oxygen atoms in total. The van der Waals surface area contributed by atoms with E-state index in [1.54, 1.807) is 24.3 Å². The molecule has 126 valence electrons. The predicted molar refractivity (Wildman–Crippen MR) is 93.5 cm³/mol. The van der Waals surface area contributed by atoms with Crippen LogP contribution in [0.4, 0.5) is 5.69 Å². The number of anilines is 1. The van der Waals surface area contributed by atoms with Crippen LogP contribution in [0.25, 0.3) is 0 Å². The molecular formula is C18H14N2O4S. The van der Waals surface area contributed by atoms with Crippen LogP contribution in [-0.2, 0) is 9.53 Å². The minimum Gasteiger partial charge on any atom is -0.452 e. The highest BCUT2D eigenvalue weighted by Crippen LogP contribution is 2.26. The average Bonchev–Trinajstić information content (AvgIpc) is 2.65. The van der Waals surface area contributed by atoms with Crippen LogP contribution in [0.15, 0.2) is 53.4 Å². The summed E-state index contributed by atoms with van der Waals surface area (Å²) in [5.74, 6) is -0.874. The summed E-state index contributed by atoms with van der Waals surface area (Å²) < 4.78 is 4.96. The topological polar surface area (TPSA) is 96.3 Å². The molecule has 0 fully saturated rings. The van der Waals surface area contributed by atoms with Crippen LogP contribution in [0.3, 0.4) is 0 Å². The maximum Gasteiger partial charge on any atom is 0.338 e. The first-order chi connectivity index (χ1) is 12.1. The summed E-state index contributed by atoms with van der Waals surface area (Å²) in [5, 5.41) is 11.3. The van der Waals surface area contributed by atoms with Gasteiger partial charge in [-0.15, -0.1) is 11.8 Å². The fourth-order valence-corrected chi connectivity index (χ4v) is 2.57. The average molecular weight is 354 g/mol. The quantitative estimate of drug-likeness (QED) is 0.466. The molecule has 0 radical (unpaired) electrons. The van der Waals surface area contributed by atoms with Crippen molar-refractivity contribution in [1.82, 2.24) is 0 Å². The summed E-state index contributed by atoms with van der Waals surface area (Å²) >= 11 is 1.30. The minimum absolute atomic E-state index is 0.253. The van der Waals surface area contributed by atoms with Gasteiger partial charge in [-0.2, -0.15) is 5.26 Å². The SMILES string of the molecule is N#CCSc1ccccc1NC(=O)COC(=O)c1ccc(C=O)cc1. The van der Waals surface area contributed by atoms with Crippen molar-refractivity contribution in [2.45, 2.75) is 4.90 Å². The Bertz CT molecular complexity index is 813. The molecule has 0 unspecified atom stereocenters. The lowest BCUT2D eigenvalue weighted by Gasteiger charge is -2.10. The van der Waals surface area contributed by atoms with Crippen LogP contribution >= 0.6 is 11.8 Å². The number of benzene rings is 2. The van der Waals surface area contributed by atoms with Crippen molar-refractivity contribution in [3.8, 4) is 6.07 Å². The molecule has 2 rings (SSSR count). The van der Waals surface area contributed by atoms with E-state index in [4.69, 9.17) is 10.00 Å². The molecule has 0 aliphatic rings. The number of esters is 1. The van der Waals surface area contributed by atoms with Gasteiger partial charge in [-0.1, -0.05) is 24.3 Å². The molecule has 2 aromatic rings. The number of hydrogen-bond donors (Lipinski definition) is 1. The van der Waals surface area contributed by atoms with Gasteiger partial charge in [0.1, 0.15) is 6.29 Å². The third-order valence-electron chi connectivity index (χ3n) is 3.07. The van der Waals surface area contributed by atoms with E-state index in [-0.39, 0.29) is 11.3 Å². The molecule has 0 aliphatic heterocycles. The molecule has 1 N–H and O–H groups in total. The number of thioether (sulfide) groups is 1. The lowest BCUT2D eigenvalue weighted by molar-refractivity contribution is -0.119. The van der Waals surface area contributed by atoms with Crippen molar-refractivity contribution in [2.75, 3.05) is 17.7 Å². The zero-order valence-corrected chi connectivity index (χ0v) is 13.9. The Balaban J connectivity index is 1.91. The van der Waals surface area contributed by atoms with Crippen molar-refractivity contribution in [3.63, 3.8) is 0 Å². The van der Waals surface area contributed by atoms with E-state index in [2.05, 4.69) is 5.32 Å². The highest BCUT2D eigenvalue weighted by Gasteiger charge is 2.12. The Labute approximate surface area is 148 Å². The maximum absolute atomic E-state index is 12.0. The number of nitriles is 1. The molecule has 0 saturated carbocycles. The van der Waals surface area contributed by atoms with Crippen LogP contribution in [0, 0.1) is 11.3 Å². The highest BCUT2D eigenvalue weighted by atomic mass is 32.2. The smallest absolute Gasteiger partial charge is 0.338 e. The number of para-hydroxylation sites is 1. The predicted octanol–water partition coefficient (Wildman–Crippen LogP) is 2.91. The van der Waals surface area contributed by atoms with Gasteiger partial charge in [0.05, 0.1) is 23.1 Å². The van der Waals surface area contributed by atoms with Crippen molar-refractivity contribution in [2.24, 2.45) is 0 Å². The minimum atomic E-state index is -0.653. The van der Waals surface area contributed by atoms with Crippen LogP contribution in [-0.4, -0.2) is 30.5 Å². The number of nitrogens with zero attached hydrogens (tertiary/aromatic N) is 1. The zero-order chi connectivity index (χ0) is 18.1. The van der Waals surface area contributed by atoms with Gasteiger partial charge < -0.3 is 10.1 Å². The van der Waals surface area contributed by atoms with Gasteiger partial charge in [0, 0.05) is 10.5 Å². The first-order valence-electron chi connectivity index (χ1n) is 7.25. The van der Waals surface area contributed by atoms with Crippen LogP contribution in [0.5, 0.6) is 0 Å². The second kappa shape index (κ2) is 9.25. The summed E-state index contributed by atoms with van der Waals surface area (Å²) in [6.45, 7) is -0.439. The molecule has 7 heteroatoms. The Morgan fingerprint density at radius 3 is 2.56 bits per heavy atom. The lowest BCUT2D eigenvalue weighted by Crippen LogP contribution is -2.21. The number of carbonyl (C=O) groups excluding carboxylic acids is 3. The van der Waals surface area contributed by atoms with E-state index in [1.165, 1.54) is 36.0 Å². The maximum atomic E-state index is 12.0. The van der Waals surface area contributed by atoms with Crippen molar-refractivity contribution >= 4 is 35.6 Å². The summed E-state index contributed by atoms with van der Waals surface area (Å²) in [7, 11) is 0. The highest BCUT2D eigenvalue weighted by molar-refractivity contribution is 7.99. The van der Waals surface area contributed by atoms with Crippen LogP contribution in [0.1, 0.15) is 20.7 Å². The largest absolute Gasteiger partial charge is 0.452 e. The Morgan fingerprint density at radius 2 is 1.88 bits per heavy atom. The third kappa shape index (κ3) is 5.48. The van der Waals surface area contributed by atoms with Crippen molar-refractivity contribution < 1.29 is 19.1 Å². The number of hydrogen-bond acceptors (Lipinski definition) is 6. The Hall–Kier alpha value is -3.11. The standard InChI is InChI=1S/C18H14N2O4S/c19-9-10-25-16-4-2-1-3-15(16)20-17(22)12-24-18(23)14-7-5-13(11-21)6-8-14/h1-8,11H,10,12H2,(H,20,22). The van der Waals surface area contributed by atoms with Crippen molar-refractivity contribution in [1.29, 1.82) is 5.26 Å². The second-order valence-electron chi connectivity index (χ2n) is 4.81. The summed E-state index contributed by atoms with van der Waals surface area (Å²) in [6, 6.07) is 15.0. The van der Waals surface area contributed by atoms with E-state index in [9.17, 15) is 14.4 Å². The van der Waals surface area contributed by atoms with Gasteiger partial charge in [0.25, 0.3) is 5.91 Å². The summed E-state index contributed by atoms with van der Waals surface area (Å²) in [6.07, 6.45) is 0.671. The van der Waals surface area contributed by atoms with Gasteiger partial charge in [-0.25, -0.2) is 4.79 Å². The van der Waals surface area contributed by atoms with Gasteiger partial charge in [0.15, 0.2) is 6.61 Å². The Kier molecular flexibility index (Phi) is 6.75. The third-order valence-corrected chi connectivity index (χ3v) is 4.01. The van der Waals surface area contributed by atoms with E-state index < -0.39 is 18.5 Å². The van der Waals surface area contributed by atoms with Gasteiger partial charge >= 0.3 is 5.97 Å². The lowest BCUT2D eigenvalue weighted by atomic mass is 10.1. The van der Waals surface area contributed by atoms with E-state index in [1.807, 2.05) is 6.07 Å². The molecule has 0 atom stereocenters. The van der Waals surface area contributed by atoms with E-state index in [0.717, 1.165) is 4.90 Å². The number of carbonyl (C=O) groups is 3. The normalized spacial score (nSPS) is 9.72. The Morgan fingerprint density at radius 1 is 1.16 bits per heavy atom. The van der Waals surface area contributed by atoms with Crippen LogP contribution in [0.2, 0.25) is 0 Å². The van der Waals surface area contributed by atoms with Gasteiger partial charge in [-0.05, 0) is 24.3 Å². The van der Waals surface area contributed by atoms with Crippen molar-refractivity contribution in [3.05, 3.63) is 59.7 Å². The molecule has 0 saturated heterocycles. The number of aldehydes is 1. The molecule has 0 aliphatic carbocycles. The molecular weight excluding hydrogens is 340 g/mol. The monoisotopic (exact) mass is 354 g/mol. The van der Waals surface area contributed by atoms with E-state index >= 15 is 0 Å². The molecule has 25 heavy (non-hydrogen) atoms. The second-order valence-corrected chi connectivity index (χ2v) is 5.82. The molecule has 0 bridgehead atoms. The zero-order valence-electron chi connectivity index (χ0n) is 13.1. The molecule has 2 aromatic carbocycles. The number of amides is 1.